The number of piperidine rings is 1. The van der Waals surface area contributed by atoms with E-state index in [0.717, 1.165) is 44.7 Å². The number of ether oxygens (including phenoxy) is 1. The molecule has 3 N–H and O–H groups in total. The molecule has 7 nitrogen and oxygen atoms in total. The number of carbonyl (C=O) groups excluding carboxylic acids is 1. The lowest BCUT2D eigenvalue weighted by molar-refractivity contribution is -0.137. The second-order valence-corrected chi connectivity index (χ2v) is 8.31. The number of aromatic nitrogens is 3. The maximum atomic E-state index is 11.9. The zero-order valence-corrected chi connectivity index (χ0v) is 16.7. The molecule has 3 aromatic heterocycles. The quantitative estimate of drug-likeness (QED) is 0.424. The first kappa shape index (κ1) is 18.2. The molecule has 1 atom stereocenters. The number of nitrogens with zero attached hydrogens (tertiary/aromatic N) is 2. The number of H-pyrrole nitrogens is 2. The van der Waals surface area contributed by atoms with Crippen LogP contribution in [0.1, 0.15) is 19.3 Å². The highest BCUT2D eigenvalue weighted by atomic mass is 32.1. The molecular formula is C21H22N4O3S. The summed E-state index contributed by atoms with van der Waals surface area (Å²) in [7, 11) is 0. The summed E-state index contributed by atoms with van der Waals surface area (Å²) >= 11 is 1.67. The molecule has 1 saturated heterocycles. The van der Waals surface area contributed by atoms with Gasteiger partial charge < -0.3 is 19.7 Å². The number of likely N-dealkylation sites (tertiary alicyclic amines) is 1. The summed E-state index contributed by atoms with van der Waals surface area (Å²) in [5, 5.41) is 20.2. The van der Waals surface area contributed by atoms with Gasteiger partial charge in [-0.1, -0.05) is 0 Å². The second kappa shape index (κ2) is 7.53. The van der Waals surface area contributed by atoms with Crippen LogP contribution in [0.2, 0.25) is 0 Å². The van der Waals surface area contributed by atoms with Crippen molar-refractivity contribution in [2.75, 3.05) is 19.7 Å². The van der Waals surface area contributed by atoms with E-state index in [2.05, 4.69) is 26.6 Å². The van der Waals surface area contributed by atoms with Gasteiger partial charge in [0.15, 0.2) is 0 Å². The normalized spacial score (nSPS) is 17.5. The molecule has 1 aromatic carbocycles. The molecule has 150 valence electrons. The number of hydrogen-bond acceptors (Lipinski definition) is 5. The SMILES string of the molecule is O=C1CC(O)CCN1CCCOc1ccc2cc(-c3n[nH]c4ccsc34)[nH]c2c1. The molecule has 0 aliphatic carbocycles. The van der Waals surface area contributed by atoms with Crippen LogP contribution in [0.15, 0.2) is 35.7 Å². The van der Waals surface area contributed by atoms with E-state index >= 15 is 0 Å². The van der Waals surface area contributed by atoms with Crippen LogP contribution in [0, 0.1) is 0 Å². The molecule has 0 bridgehead atoms. The summed E-state index contributed by atoms with van der Waals surface area (Å²) < 4.78 is 7.04. The topological polar surface area (TPSA) is 94.2 Å². The standard InChI is InChI=1S/C21H22N4O3S/c26-14-4-7-25(19(27)11-14)6-1-8-28-15-3-2-13-10-18(22-17(13)12-15)20-21-16(23-24-20)5-9-29-21/h2-3,5,9-10,12,14,22,26H,1,4,6-8,11H2,(H,23,24). The van der Waals surface area contributed by atoms with Crippen molar-refractivity contribution in [1.82, 2.24) is 20.1 Å². The highest BCUT2D eigenvalue weighted by Crippen LogP contribution is 2.32. The molecule has 0 saturated carbocycles. The molecule has 0 spiro atoms. The Kier molecular flexibility index (Phi) is 4.73. The predicted molar refractivity (Wildman–Crippen MR) is 113 cm³/mol. The second-order valence-electron chi connectivity index (χ2n) is 7.40. The van der Waals surface area contributed by atoms with Crippen molar-refractivity contribution in [1.29, 1.82) is 0 Å². The van der Waals surface area contributed by atoms with E-state index in [9.17, 15) is 9.90 Å². The van der Waals surface area contributed by atoms with Crippen LogP contribution >= 0.6 is 11.3 Å². The summed E-state index contributed by atoms with van der Waals surface area (Å²) in [5.41, 5.74) is 3.97. The van der Waals surface area contributed by atoms with Crippen molar-refractivity contribution in [3.05, 3.63) is 35.7 Å². The highest BCUT2D eigenvalue weighted by molar-refractivity contribution is 7.17. The molecule has 1 unspecified atom stereocenters. The van der Waals surface area contributed by atoms with Crippen LogP contribution in [0.3, 0.4) is 0 Å². The highest BCUT2D eigenvalue weighted by Gasteiger charge is 2.23. The van der Waals surface area contributed by atoms with Gasteiger partial charge in [0.25, 0.3) is 0 Å². The van der Waals surface area contributed by atoms with E-state index in [1.165, 1.54) is 0 Å². The maximum absolute atomic E-state index is 11.9. The molecule has 1 aliphatic heterocycles. The van der Waals surface area contributed by atoms with Gasteiger partial charge in [-0.2, -0.15) is 5.10 Å². The number of carbonyl (C=O) groups is 1. The van der Waals surface area contributed by atoms with Crippen molar-refractivity contribution < 1.29 is 14.6 Å². The summed E-state index contributed by atoms with van der Waals surface area (Å²) in [5.74, 6) is 0.830. The van der Waals surface area contributed by atoms with Gasteiger partial charge in [0.05, 0.1) is 35.0 Å². The Labute approximate surface area is 171 Å². The van der Waals surface area contributed by atoms with Crippen molar-refractivity contribution in [3.63, 3.8) is 0 Å². The number of benzene rings is 1. The number of aromatic amines is 2. The van der Waals surface area contributed by atoms with E-state index in [1.807, 2.05) is 29.2 Å². The van der Waals surface area contributed by atoms with E-state index in [-0.39, 0.29) is 12.3 Å². The number of thiophene rings is 1. The lowest BCUT2D eigenvalue weighted by Gasteiger charge is -2.29. The van der Waals surface area contributed by atoms with Crippen molar-refractivity contribution >= 4 is 38.4 Å². The van der Waals surface area contributed by atoms with Crippen LogP contribution in [-0.2, 0) is 4.79 Å². The van der Waals surface area contributed by atoms with Crippen molar-refractivity contribution in [2.45, 2.75) is 25.4 Å². The Morgan fingerprint density at radius 2 is 2.21 bits per heavy atom. The van der Waals surface area contributed by atoms with Gasteiger partial charge in [0.2, 0.25) is 5.91 Å². The number of fused-ring (bicyclic) bond motifs is 2. The molecule has 8 heteroatoms. The lowest BCUT2D eigenvalue weighted by Crippen LogP contribution is -2.41. The summed E-state index contributed by atoms with van der Waals surface area (Å²) in [4.78, 5) is 17.1. The molecule has 4 heterocycles. The molecule has 1 amide bonds. The predicted octanol–water partition coefficient (Wildman–Crippen LogP) is 3.52. The molecule has 1 fully saturated rings. The average molecular weight is 410 g/mol. The third-order valence-electron chi connectivity index (χ3n) is 5.35. The maximum Gasteiger partial charge on any atom is 0.225 e. The number of hydrogen-bond donors (Lipinski definition) is 3. The number of aliphatic hydroxyl groups excluding tert-OH is 1. The van der Waals surface area contributed by atoms with Gasteiger partial charge >= 0.3 is 0 Å². The fraction of sp³-hybridized carbons (Fsp3) is 0.333. The first-order chi connectivity index (χ1) is 14.2. The first-order valence-corrected chi connectivity index (χ1v) is 10.7. The van der Waals surface area contributed by atoms with Crippen LogP contribution in [-0.4, -0.2) is 56.9 Å². The van der Waals surface area contributed by atoms with Crippen LogP contribution < -0.4 is 4.74 Å². The molecule has 5 rings (SSSR count). The Hall–Kier alpha value is -2.84. The number of rotatable bonds is 6. The fourth-order valence-electron chi connectivity index (χ4n) is 3.80. The van der Waals surface area contributed by atoms with E-state index < -0.39 is 6.10 Å². The van der Waals surface area contributed by atoms with E-state index in [4.69, 9.17) is 4.74 Å². The van der Waals surface area contributed by atoms with Gasteiger partial charge in [-0.3, -0.25) is 9.89 Å². The van der Waals surface area contributed by atoms with Gasteiger partial charge in [-0.05, 0) is 42.5 Å². The Morgan fingerprint density at radius 1 is 1.28 bits per heavy atom. The van der Waals surface area contributed by atoms with E-state index in [1.54, 1.807) is 11.3 Å². The van der Waals surface area contributed by atoms with Gasteiger partial charge in [-0.25, -0.2) is 0 Å². The third-order valence-corrected chi connectivity index (χ3v) is 6.27. The third kappa shape index (κ3) is 3.61. The molecule has 1 aliphatic rings. The summed E-state index contributed by atoms with van der Waals surface area (Å²) in [6, 6.07) is 10.1. The fourth-order valence-corrected chi connectivity index (χ4v) is 4.65. The largest absolute Gasteiger partial charge is 0.493 e. The van der Waals surface area contributed by atoms with Gasteiger partial charge in [0, 0.05) is 30.1 Å². The zero-order chi connectivity index (χ0) is 19.8. The smallest absolute Gasteiger partial charge is 0.225 e. The van der Waals surface area contributed by atoms with Gasteiger partial charge in [0.1, 0.15) is 11.4 Å². The van der Waals surface area contributed by atoms with Crippen LogP contribution in [0.5, 0.6) is 5.75 Å². The Balaban J connectivity index is 1.22. The molecular weight excluding hydrogens is 388 g/mol. The average Bonchev–Trinajstić information content (AvgIpc) is 3.41. The summed E-state index contributed by atoms with van der Waals surface area (Å²) in [6.07, 6.45) is 1.18. The minimum atomic E-state index is -0.482. The number of amides is 1. The van der Waals surface area contributed by atoms with Crippen molar-refractivity contribution in [3.8, 4) is 17.1 Å². The Morgan fingerprint density at radius 3 is 3.10 bits per heavy atom. The van der Waals surface area contributed by atoms with Crippen LogP contribution in [0.25, 0.3) is 32.5 Å². The van der Waals surface area contributed by atoms with Crippen molar-refractivity contribution in [2.24, 2.45) is 0 Å². The lowest BCUT2D eigenvalue weighted by atomic mass is 10.1. The molecule has 29 heavy (non-hydrogen) atoms. The molecule has 0 radical (unpaired) electrons. The first-order valence-electron chi connectivity index (χ1n) is 9.81. The monoisotopic (exact) mass is 410 g/mol. The van der Waals surface area contributed by atoms with E-state index in [0.29, 0.717) is 26.1 Å². The molecule has 4 aromatic rings. The summed E-state index contributed by atoms with van der Waals surface area (Å²) in [6.45, 7) is 1.83. The van der Waals surface area contributed by atoms with Crippen LogP contribution in [0.4, 0.5) is 0 Å². The van der Waals surface area contributed by atoms with Gasteiger partial charge in [-0.15, -0.1) is 11.3 Å². The minimum Gasteiger partial charge on any atom is -0.493 e. The number of aliphatic hydroxyl groups is 1. The Bertz CT molecular complexity index is 1160. The number of nitrogens with one attached hydrogen (secondary N) is 2. The minimum absolute atomic E-state index is 0.0299. The zero-order valence-electron chi connectivity index (χ0n) is 15.9.